The van der Waals surface area contributed by atoms with E-state index in [-0.39, 0.29) is 0 Å². The van der Waals surface area contributed by atoms with Crippen LogP contribution in [0.2, 0.25) is 0 Å². The molecule has 0 amide bonds. The highest BCUT2D eigenvalue weighted by Crippen LogP contribution is 2.22. The van der Waals surface area contributed by atoms with Crippen LogP contribution in [0.5, 0.6) is 11.5 Å². The molecule has 0 atom stereocenters. The van der Waals surface area contributed by atoms with Crippen molar-refractivity contribution in [1.29, 1.82) is 5.26 Å². The molecule has 0 aliphatic carbocycles. The predicted octanol–water partition coefficient (Wildman–Crippen LogP) is 2.37. The van der Waals surface area contributed by atoms with Gasteiger partial charge in [-0.25, -0.2) is 0 Å². The maximum absolute atomic E-state index is 8.84. The first-order valence-electron chi connectivity index (χ1n) is 5.60. The summed E-state index contributed by atoms with van der Waals surface area (Å²) in [7, 11) is 1.56. The molecular formula is C13H17NO3. The highest BCUT2D eigenvalue weighted by atomic mass is 16.5. The SMILES string of the molecule is CCOCCCOc1cc(C#N)cc(OC)c1. The number of hydrogen-bond donors (Lipinski definition) is 0. The van der Waals surface area contributed by atoms with Crippen LogP contribution in [0, 0.1) is 11.3 Å². The van der Waals surface area contributed by atoms with Gasteiger partial charge < -0.3 is 14.2 Å². The molecule has 1 aromatic carbocycles. The first-order chi connectivity index (χ1) is 8.30. The molecule has 92 valence electrons. The summed E-state index contributed by atoms with van der Waals surface area (Å²) in [5.41, 5.74) is 0.532. The standard InChI is InChI=1S/C13H17NO3/c1-3-16-5-4-6-17-13-8-11(10-14)7-12(9-13)15-2/h7-9H,3-6H2,1-2H3. The summed E-state index contributed by atoms with van der Waals surface area (Å²) >= 11 is 0. The first kappa shape index (κ1) is 13.3. The summed E-state index contributed by atoms with van der Waals surface area (Å²) in [5, 5.41) is 8.84. The van der Waals surface area contributed by atoms with E-state index in [1.54, 1.807) is 25.3 Å². The lowest BCUT2D eigenvalue weighted by molar-refractivity contribution is 0.131. The van der Waals surface area contributed by atoms with Crippen molar-refractivity contribution in [2.45, 2.75) is 13.3 Å². The van der Waals surface area contributed by atoms with Crippen molar-refractivity contribution in [3.05, 3.63) is 23.8 Å². The normalized spacial score (nSPS) is 9.71. The summed E-state index contributed by atoms with van der Waals surface area (Å²) < 4.78 is 15.8. The van der Waals surface area contributed by atoms with Crippen LogP contribution < -0.4 is 9.47 Å². The molecule has 0 bridgehead atoms. The quantitative estimate of drug-likeness (QED) is 0.681. The third kappa shape index (κ3) is 4.75. The minimum Gasteiger partial charge on any atom is -0.497 e. The molecule has 0 unspecified atom stereocenters. The number of benzene rings is 1. The van der Waals surface area contributed by atoms with Gasteiger partial charge in [0.15, 0.2) is 0 Å². The Morgan fingerprint density at radius 2 is 1.94 bits per heavy atom. The van der Waals surface area contributed by atoms with E-state index in [1.165, 1.54) is 0 Å². The Balaban J connectivity index is 2.50. The van der Waals surface area contributed by atoms with Crippen molar-refractivity contribution in [1.82, 2.24) is 0 Å². The van der Waals surface area contributed by atoms with Gasteiger partial charge in [-0.15, -0.1) is 0 Å². The monoisotopic (exact) mass is 235 g/mol. The van der Waals surface area contributed by atoms with Crippen LogP contribution >= 0.6 is 0 Å². The molecule has 0 saturated carbocycles. The zero-order chi connectivity index (χ0) is 12.5. The molecule has 4 nitrogen and oxygen atoms in total. The van der Waals surface area contributed by atoms with Crippen LogP contribution in [0.3, 0.4) is 0 Å². The number of nitrogens with zero attached hydrogens (tertiary/aromatic N) is 1. The molecule has 0 heterocycles. The molecule has 4 heteroatoms. The van der Waals surface area contributed by atoms with Crippen molar-refractivity contribution >= 4 is 0 Å². The van der Waals surface area contributed by atoms with Gasteiger partial charge in [0.2, 0.25) is 0 Å². The average Bonchev–Trinajstić information content (AvgIpc) is 2.38. The Morgan fingerprint density at radius 1 is 1.18 bits per heavy atom. The molecule has 0 aliphatic rings. The predicted molar refractivity (Wildman–Crippen MR) is 64.3 cm³/mol. The molecule has 0 N–H and O–H groups in total. The fourth-order valence-electron chi connectivity index (χ4n) is 1.33. The van der Waals surface area contributed by atoms with Gasteiger partial charge in [0.25, 0.3) is 0 Å². The molecule has 0 aromatic heterocycles. The second kappa shape index (κ2) is 7.53. The average molecular weight is 235 g/mol. The van der Waals surface area contributed by atoms with Gasteiger partial charge in [-0.1, -0.05) is 0 Å². The van der Waals surface area contributed by atoms with E-state index in [9.17, 15) is 0 Å². The molecule has 0 spiro atoms. The summed E-state index contributed by atoms with van der Waals surface area (Å²) in [5.74, 6) is 1.28. The maximum atomic E-state index is 8.84. The van der Waals surface area contributed by atoms with Gasteiger partial charge in [0.1, 0.15) is 11.5 Å². The number of nitriles is 1. The van der Waals surface area contributed by atoms with E-state index >= 15 is 0 Å². The molecule has 17 heavy (non-hydrogen) atoms. The second-order valence-electron chi connectivity index (χ2n) is 3.41. The third-order valence-electron chi connectivity index (χ3n) is 2.15. The van der Waals surface area contributed by atoms with Gasteiger partial charge in [-0.05, 0) is 19.1 Å². The van der Waals surface area contributed by atoms with Crippen LogP contribution in [0.25, 0.3) is 0 Å². The fraction of sp³-hybridized carbons (Fsp3) is 0.462. The van der Waals surface area contributed by atoms with Crippen molar-refractivity contribution in [2.24, 2.45) is 0 Å². The van der Waals surface area contributed by atoms with Gasteiger partial charge in [0, 0.05) is 25.7 Å². The molecule has 0 saturated heterocycles. The lowest BCUT2D eigenvalue weighted by Gasteiger charge is -2.08. The molecule has 0 aliphatic heterocycles. The Hall–Kier alpha value is -1.73. The summed E-state index contributed by atoms with van der Waals surface area (Å²) in [6.45, 7) is 3.93. The first-order valence-corrected chi connectivity index (χ1v) is 5.60. The number of methoxy groups -OCH3 is 1. The largest absolute Gasteiger partial charge is 0.497 e. The van der Waals surface area contributed by atoms with E-state index < -0.39 is 0 Å². The Morgan fingerprint density at radius 3 is 2.59 bits per heavy atom. The maximum Gasteiger partial charge on any atom is 0.124 e. The molecule has 1 aromatic rings. The number of ether oxygens (including phenoxy) is 3. The van der Waals surface area contributed by atoms with Crippen molar-refractivity contribution in [3.63, 3.8) is 0 Å². The lowest BCUT2D eigenvalue weighted by Crippen LogP contribution is -2.03. The van der Waals surface area contributed by atoms with Crippen LogP contribution in [0.1, 0.15) is 18.9 Å². The topological polar surface area (TPSA) is 51.5 Å². The number of hydrogen-bond acceptors (Lipinski definition) is 4. The highest BCUT2D eigenvalue weighted by molar-refractivity contribution is 5.43. The fourth-order valence-corrected chi connectivity index (χ4v) is 1.33. The van der Waals surface area contributed by atoms with E-state index in [0.29, 0.717) is 30.3 Å². The zero-order valence-corrected chi connectivity index (χ0v) is 10.2. The van der Waals surface area contributed by atoms with Crippen LogP contribution in [-0.2, 0) is 4.74 Å². The minimum absolute atomic E-state index is 0.532. The van der Waals surface area contributed by atoms with Crippen LogP contribution in [0.4, 0.5) is 0 Å². The van der Waals surface area contributed by atoms with E-state index in [4.69, 9.17) is 19.5 Å². The van der Waals surface area contributed by atoms with Crippen LogP contribution in [0.15, 0.2) is 18.2 Å². The van der Waals surface area contributed by atoms with Crippen molar-refractivity contribution < 1.29 is 14.2 Å². The smallest absolute Gasteiger partial charge is 0.124 e. The van der Waals surface area contributed by atoms with Gasteiger partial charge in [0.05, 0.1) is 25.3 Å². The molecule has 0 fully saturated rings. The van der Waals surface area contributed by atoms with E-state index in [0.717, 1.165) is 13.0 Å². The van der Waals surface area contributed by atoms with E-state index in [1.807, 2.05) is 6.92 Å². The van der Waals surface area contributed by atoms with Crippen molar-refractivity contribution in [2.75, 3.05) is 26.9 Å². The molecule has 1 rings (SSSR count). The number of rotatable bonds is 7. The Bertz CT molecular complexity index is 385. The summed E-state index contributed by atoms with van der Waals surface area (Å²) in [6, 6.07) is 7.20. The summed E-state index contributed by atoms with van der Waals surface area (Å²) in [6.07, 6.45) is 0.826. The minimum atomic E-state index is 0.532. The van der Waals surface area contributed by atoms with Crippen molar-refractivity contribution in [3.8, 4) is 17.6 Å². The van der Waals surface area contributed by atoms with Gasteiger partial charge in [-0.3, -0.25) is 0 Å². The second-order valence-corrected chi connectivity index (χ2v) is 3.41. The van der Waals surface area contributed by atoms with E-state index in [2.05, 4.69) is 6.07 Å². The lowest BCUT2D eigenvalue weighted by atomic mass is 10.2. The zero-order valence-electron chi connectivity index (χ0n) is 10.2. The third-order valence-corrected chi connectivity index (χ3v) is 2.15. The molecule has 0 radical (unpaired) electrons. The highest BCUT2D eigenvalue weighted by Gasteiger charge is 2.01. The Kier molecular flexibility index (Phi) is 5.91. The Labute approximate surface area is 102 Å². The van der Waals surface area contributed by atoms with Gasteiger partial charge >= 0.3 is 0 Å². The molecular weight excluding hydrogens is 218 g/mol. The van der Waals surface area contributed by atoms with Crippen LogP contribution in [-0.4, -0.2) is 26.9 Å². The summed E-state index contributed by atoms with van der Waals surface area (Å²) in [4.78, 5) is 0. The van der Waals surface area contributed by atoms with Gasteiger partial charge in [-0.2, -0.15) is 5.26 Å².